The number of carbonyl (C=O) groups excluding carboxylic acids is 2. The van der Waals surface area contributed by atoms with Gasteiger partial charge in [0.25, 0.3) is 0 Å². The van der Waals surface area contributed by atoms with Gasteiger partial charge in [-0.15, -0.1) is 0 Å². The predicted octanol–water partition coefficient (Wildman–Crippen LogP) is 2.40. The van der Waals surface area contributed by atoms with Crippen LogP contribution in [0.3, 0.4) is 0 Å². The lowest BCUT2D eigenvalue weighted by Crippen LogP contribution is -2.47. The number of ether oxygens (including phenoxy) is 1. The number of hydrogen-bond donors (Lipinski definition) is 1. The summed E-state index contributed by atoms with van der Waals surface area (Å²) < 4.78 is 5.24. The highest BCUT2D eigenvalue weighted by Gasteiger charge is 2.25. The monoisotopic (exact) mass is 340 g/mol. The Labute approximate surface area is 148 Å². The van der Waals surface area contributed by atoms with Crippen LogP contribution in [-0.2, 0) is 22.6 Å². The molecule has 5 nitrogen and oxygen atoms in total. The standard InChI is InChI=1S/C20H24N2O3/c1-15(20(24)21-2)22(14-17-10-7-11-18(12-17)25-3)19(23)13-16-8-5-4-6-9-16/h4-12,15H,13-14H2,1-3H3,(H,21,24)/t15-/m1/s1. The zero-order chi connectivity index (χ0) is 18.2. The van der Waals surface area contributed by atoms with Crippen molar-refractivity contribution in [1.29, 1.82) is 0 Å². The lowest BCUT2D eigenvalue weighted by atomic mass is 10.1. The highest BCUT2D eigenvalue weighted by molar-refractivity contribution is 5.88. The Morgan fingerprint density at radius 2 is 1.76 bits per heavy atom. The Bertz CT molecular complexity index is 716. The molecule has 0 aromatic heterocycles. The van der Waals surface area contributed by atoms with E-state index in [1.807, 2.05) is 54.6 Å². The number of amides is 2. The summed E-state index contributed by atoms with van der Waals surface area (Å²) in [5, 5.41) is 2.61. The smallest absolute Gasteiger partial charge is 0.242 e. The zero-order valence-electron chi connectivity index (χ0n) is 14.9. The van der Waals surface area contributed by atoms with Crippen molar-refractivity contribution in [3.05, 3.63) is 65.7 Å². The van der Waals surface area contributed by atoms with Crippen molar-refractivity contribution in [1.82, 2.24) is 10.2 Å². The van der Waals surface area contributed by atoms with Gasteiger partial charge in [-0.25, -0.2) is 0 Å². The average molecular weight is 340 g/mol. The summed E-state index contributed by atoms with van der Waals surface area (Å²) in [4.78, 5) is 26.5. The molecule has 0 saturated heterocycles. The van der Waals surface area contributed by atoms with Crippen molar-refractivity contribution in [2.75, 3.05) is 14.2 Å². The van der Waals surface area contributed by atoms with Crippen LogP contribution in [0.25, 0.3) is 0 Å². The first kappa shape index (κ1) is 18.5. The third-order valence-electron chi connectivity index (χ3n) is 4.10. The molecular weight excluding hydrogens is 316 g/mol. The number of rotatable bonds is 7. The van der Waals surface area contributed by atoms with Gasteiger partial charge in [0.2, 0.25) is 11.8 Å². The summed E-state index contributed by atoms with van der Waals surface area (Å²) in [5.74, 6) is 0.440. The van der Waals surface area contributed by atoms with Gasteiger partial charge in [0.1, 0.15) is 11.8 Å². The van der Waals surface area contributed by atoms with E-state index in [1.165, 1.54) is 0 Å². The fourth-order valence-electron chi connectivity index (χ4n) is 2.63. The van der Waals surface area contributed by atoms with Crippen LogP contribution in [0.4, 0.5) is 0 Å². The average Bonchev–Trinajstić information content (AvgIpc) is 2.65. The van der Waals surface area contributed by atoms with Gasteiger partial charge in [0, 0.05) is 13.6 Å². The Balaban J connectivity index is 2.22. The van der Waals surface area contributed by atoms with E-state index in [9.17, 15) is 9.59 Å². The third kappa shape index (κ3) is 5.08. The minimum Gasteiger partial charge on any atom is -0.497 e. The molecule has 25 heavy (non-hydrogen) atoms. The molecule has 0 fully saturated rings. The molecule has 0 heterocycles. The number of methoxy groups -OCH3 is 1. The number of benzene rings is 2. The maximum atomic E-state index is 12.8. The molecule has 1 atom stereocenters. The third-order valence-corrected chi connectivity index (χ3v) is 4.10. The summed E-state index contributed by atoms with van der Waals surface area (Å²) in [5.41, 5.74) is 1.84. The molecule has 132 valence electrons. The van der Waals surface area contributed by atoms with Crippen molar-refractivity contribution < 1.29 is 14.3 Å². The van der Waals surface area contributed by atoms with Crippen LogP contribution in [-0.4, -0.2) is 36.9 Å². The topological polar surface area (TPSA) is 58.6 Å². The summed E-state index contributed by atoms with van der Waals surface area (Å²) in [6, 6.07) is 16.5. The normalized spacial score (nSPS) is 11.5. The second-order valence-corrected chi connectivity index (χ2v) is 5.83. The van der Waals surface area contributed by atoms with Crippen LogP contribution in [0.5, 0.6) is 5.75 Å². The maximum absolute atomic E-state index is 12.8. The fraction of sp³-hybridized carbons (Fsp3) is 0.300. The van der Waals surface area contributed by atoms with Gasteiger partial charge in [-0.2, -0.15) is 0 Å². The van der Waals surface area contributed by atoms with Crippen molar-refractivity contribution in [3.63, 3.8) is 0 Å². The second kappa shape index (κ2) is 8.87. The minimum absolute atomic E-state index is 0.0925. The largest absolute Gasteiger partial charge is 0.497 e. The SMILES string of the molecule is CNC(=O)[C@@H](C)N(Cc1cccc(OC)c1)C(=O)Cc1ccccc1. The number of likely N-dealkylation sites (N-methyl/N-ethyl adjacent to an activating group) is 1. The molecule has 0 saturated carbocycles. The highest BCUT2D eigenvalue weighted by atomic mass is 16.5. The first-order valence-electron chi connectivity index (χ1n) is 8.23. The van der Waals surface area contributed by atoms with E-state index in [1.54, 1.807) is 26.0 Å². The Kier molecular flexibility index (Phi) is 6.57. The lowest BCUT2D eigenvalue weighted by molar-refractivity contribution is -0.139. The first-order chi connectivity index (χ1) is 12.0. The van der Waals surface area contributed by atoms with Crippen LogP contribution in [0, 0.1) is 0 Å². The molecule has 2 aromatic rings. The van der Waals surface area contributed by atoms with Crippen molar-refractivity contribution in [2.45, 2.75) is 25.9 Å². The van der Waals surface area contributed by atoms with Crippen molar-refractivity contribution >= 4 is 11.8 Å². The number of nitrogens with one attached hydrogen (secondary N) is 1. The molecule has 0 aliphatic rings. The van der Waals surface area contributed by atoms with Crippen LogP contribution in [0.1, 0.15) is 18.1 Å². The summed E-state index contributed by atoms with van der Waals surface area (Å²) >= 11 is 0. The van der Waals surface area contributed by atoms with Gasteiger partial charge in [0.15, 0.2) is 0 Å². The highest BCUT2D eigenvalue weighted by Crippen LogP contribution is 2.17. The molecule has 0 bridgehead atoms. The summed E-state index contributed by atoms with van der Waals surface area (Å²) in [6.45, 7) is 2.08. The Morgan fingerprint density at radius 3 is 2.40 bits per heavy atom. The lowest BCUT2D eigenvalue weighted by Gasteiger charge is -2.28. The van der Waals surface area contributed by atoms with Gasteiger partial charge < -0.3 is 15.0 Å². The molecule has 0 spiro atoms. The number of carbonyl (C=O) groups is 2. The maximum Gasteiger partial charge on any atom is 0.242 e. The minimum atomic E-state index is -0.563. The van der Waals surface area contributed by atoms with Crippen molar-refractivity contribution in [3.8, 4) is 5.75 Å². The zero-order valence-corrected chi connectivity index (χ0v) is 14.9. The molecular formula is C20H24N2O3. The summed E-state index contributed by atoms with van der Waals surface area (Å²) in [6.07, 6.45) is 0.256. The predicted molar refractivity (Wildman–Crippen MR) is 97.2 cm³/mol. The molecule has 0 aliphatic carbocycles. The molecule has 2 rings (SSSR count). The Morgan fingerprint density at radius 1 is 1.08 bits per heavy atom. The van der Waals surface area contributed by atoms with Gasteiger partial charge in [-0.1, -0.05) is 42.5 Å². The number of hydrogen-bond acceptors (Lipinski definition) is 3. The van der Waals surface area contributed by atoms with Crippen LogP contribution in [0.15, 0.2) is 54.6 Å². The Hall–Kier alpha value is -2.82. The molecule has 5 heteroatoms. The van der Waals surface area contributed by atoms with Crippen LogP contribution < -0.4 is 10.1 Å². The molecule has 2 aromatic carbocycles. The molecule has 0 radical (unpaired) electrons. The van der Waals surface area contributed by atoms with Gasteiger partial charge in [-0.05, 0) is 30.2 Å². The van der Waals surface area contributed by atoms with Gasteiger partial charge >= 0.3 is 0 Å². The van der Waals surface area contributed by atoms with Crippen LogP contribution in [0.2, 0.25) is 0 Å². The quantitative estimate of drug-likeness (QED) is 0.842. The second-order valence-electron chi connectivity index (χ2n) is 5.83. The first-order valence-corrected chi connectivity index (χ1v) is 8.23. The van der Waals surface area contributed by atoms with E-state index in [2.05, 4.69) is 5.32 Å². The number of nitrogens with zero attached hydrogens (tertiary/aromatic N) is 1. The summed E-state index contributed by atoms with van der Waals surface area (Å²) in [7, 11) is 3.18. The van der Waals surface area contributed by atoms with E-state index < -0.39 is 6.04 Å². The van der Waals surface area contributed by atoms with Crippen molar-refractivity contribution in [2.24, 2.45) is 0 Å². The van der Waals surface area contributed by atoms with E-state index >= 15 is 0 Å². The van der Waals surface area contributed by atoms with Gasteiger partial charge in [-0.3, -0.25) is 9.59 Å². The van der Waals surface area contributed by atoms with E-state index in [4.69, 9.17) is 4.74 Å². The molecule has 1 N–H and O–H groups in total. The van der Waals surface area contributed by atoms with Gasteiger partial charge in [0.05, 0.1) is 13.5 Å². The van der Waals surface area contributed by atoms with E-state index in [0.29, 0.717) is 6.54 Å². The van der Waals surface area contributed by atoms with E-state index in [-0.39, 0.29) is 18.2 Å². The van der Waals surface area contributed by atoms with Crippen LogP contribution >= 0.6 is 0 Å². The molecule has 0 aliphatic heterocycles. The molecule has 0 unspecified atom stereocenters. The van der Waals surface area contributed by atoms with E-state index in [0.717, 1.165) is 16.9 Å². The fourth-order valence-corrected chi connectivity index (χ4v) is 2.63. The molecule has 2 amide bonds.